The molecule has 0 aromatic heterocycles. The van der Waals surface area contributed by atoms with Crippen LogP contribution in [0.25, 0.3) is 0 Å². The van der Waals surface area contributed by atoms with E-state index in [2.05, 4.69) is 5.32 Å². The number of carboxylic acid groups (broad SMARTS) is 1. The van der Waals surface area contributed by atoms with Crippen LogP contribution in [0.15, 0.2) is 42.5 Å². The summed E-state index contributed by atoms with van der Waals surface area (Å²) in [6.45, 7) is 0.354. The minimum absolute atomic E-state index is 0.100. The van der Waals surface area contributed by atoms with Crippen LogP contribution in [0, 0.1) is 11.6 Å². The Morgan fingerprint density at radius 1 is 1.23 bits per heavy atom. The van der Waals surface area contributed by atoms with E-state index in [1.165, 1.54) is 17.0 Å². The lowest BCUT2D eigenvalue weighted by Gasteiger charge is -2.26. The predicted molar refractivity (Wildman–Crippen MR) is 90.5 cm³/mol. The van der Waals surface area contributed by atoms with Crippen molar-refractivity contribution in [1.82, 2.24) is 10.2 Å². The van der Waals surface area contributed by atoms with Crippen LogP contribution < -0.4 is 5.32 Å². The molecule has 2 atom stereocenters. The third-order valence-electron chi connectivity index (χ3n) is 4.61. The fourth-order valence-electron chi connectivity index (χ4n) is 3.27. The largest absolute Gasteiger partial charge is 0.478 e. The van der Waals surface area contributed by atoms with E-state index in [-0.39, 0.29) is 23.9 Å². The van der Waals surface area contributed by atoms with Crippen LogP contribution in [0.1, 0.15) is 33.9 Å². The van der Waals surface area contributed by atoms with Crippen molar-refractivity contribution in [3.05, 3.63) is 70.8 Å². The molecule has 5 nitrogen and oxygen atoms in total. The number of rotatable bonds is 5. The standard InChI is InChI=1S/C19H18F2N2O3/c1-23-17(24)9-16(18(23)12-5-6-14(20)15(21)8-12)22-10-11-3-2-4-13(7-11)19(25)26/h2-8,16,18,22H,9-10H2,1H3,(H,25,26). The molecule has 1 amide bonds. The van der Waals surface area contributed by atoms with Gasteiger partial charge in [0.05, 0.1) is 11.6 Å². The van der Waals surface area contributed by atoms with E-state index in [0.717, 1.165) is 17.7 Å². The fraction of sp³-hybridized carbons (Fsp3) is 0.263. The first-order valence-electron chi connectivity index (χ1n) is 8.13. The molecule has 136 valence electrons. The zero-order chi connectivity index (χ0) is 18.8. The summed E-state index contributed by atoms with van der Waals surface area (Å²) in [5, 5.41) is 12.3. The highest BCUT2D eigenvalue weighted by Crippen LogP contribution is 2.32. The molecule has 1 saturated heterocycles. The quantitative estimate of drug-likeness (QED) is 0.860. The van der Waals surface area contributed by atoms with E-state index in [9.17, 15) is 18.4 Å². The van der Waals surface area contributed by atoms with Crippen molar-refractivity contribution in [1.29, 1.82) is 0 Å². The molecule has 0 radical (unpaired) electrons. The van der Waals surface area contributed by atoms with E-state index < -0.39 is 23.6 Å². The molecule has 0 spiro atoms. The van der Waals surface area contributed by atoms with Crippen molar-refractivity contribution in [3.8, 4) is 0 Å². The molecule has 2 unspecified atom stereocenters. The predicted octanol–water partition coefficient (Wildman–Crippen LogP) is 2.72. The van der Waals surface area contributed by atoms with Gasteiger partial charge in [-0.2, -0.15) is 0 Å². The van der Waals surface area contributed by atoms with E-state index in [0.29, 0.717) is 12.1 Å². The highest BCUT2D eigenvalue weighted by Gasteiger charge is 2.38. The lowest BCUT2D eigenvalue weighted by atomic mass is 9.99. The Balaban J connectivity index is 1.79. The summed E-state index contributed by atoms with van der Waals surface area (Å²) in [6.07, 6.45) is 0.221. The van der Waals surface area contributed by atoms with Gasteiger partial charge in [0.2, 0.25) is 5.91 Å². The molecule has 1 fully saturated rings. The molecule has 2 aromatic carbocycles. The highest BCUT2D eigenvalue weighted by molar-refractivity contribution is 5.87. The number of hydrogen-bond donors (Lipinski definition) is 2. The van der Waals surface area contributed by atoms with Crippen LogP contribution in [0.5, 0.6) is 0 Å². The molecule has 2 N–H and O–H groups in total. The molecular formula is C19H18F2N2O3. The van der Waals surface area contributed by atoms with Crippen molar-refractivity contribution in [2.75, 3.05) is 7.05 Å². The van der Waals surface area contributed by atoms with E-state index in [1.807, 2.05) is 0 Å². The number of aromatic carboxylic acids is 1. The summed E-state index contributed by atoms with van der Waals surface area (Å²) in [5.74, 6) is -3.00. The Kier molecular flexibility index (Phi) is 4.99. The number of nitrogens with zero attached hydrogens (tertiary/aromatic N) is 1. The van der Waals surface area contributed by atoms with E-state index in [4.69, 9.17) is 5.11 Å². The van der Waals surface area contributed by atoms with Crippen molar-refractivity contribution in [2.24, 2.45) is 0 Å². The first kappa shape index (κ1) is 18.0. The summed E-state index contributed by atoms with van der Waals surface area (Å²) in [5.41, 5.74) is 1.45. The SMILES string of the molecule is CN1C(=O)CC(NCc2cccc(C(=O)O)c2)C1c1ccc(F)c(F)c1. The number of hydrogen-bond acceptors (Lipinski definition) is 3. The second-order valence-electron chi connectivity index (χ2n) is 6.32. The zero-order valence-corrected chi connectivity index (χ0v) is 14.1. The van der Waals surface area contributed by atoms with Crippen LogP contribution >= 0.6 is 0 Å². The van der Waals surface area contributed by atoms with Gasteiger partial charge in [0, 0.05) is 26.1 Å². The molecule has 7 heteroatoms. The van der Waals surface area contributed by atoms with Gasteiger partial charge in [-0.05, 0) is 35.4 Å². The van der Waals surface area contributed by atoms with Gasteiger partial charge in [-0.1, -0.05) is 18.2 Å². The summed E-state index contributed by atoms with van der Waals surface area (Å²) < 4.78 is 26.8. The number of carboxylic acids is 1. The number of carbonyl (C=O) groups is 2. The number of carbonyl (C=O) groups excluding carboxylic acids is 1. The summed E-state index contributed by atoms with van der Waals surface area (Å²) in [6, 6.07) is 9.39. The van der Waals surface area contributed by atoms with Crippen molar-refractivity contribution >= 4 is 11.9 Å². The molecule has 0 bridgehead atoms. The second-order valence-corrected chi connectivity index (χ2v) is 6.32. The van der Waals surface area contributed by atoms with Crippen molar-refractivity contribution in [3.63, 3.8) is 0 Å². The molecular weight excluding hydrogens is 342 g/mol. The van der Waals surface area contributed by atoms with E-state index >= 15 is 0 Å². The van der Waals surface area contributed by atoms with Crippen molar-refractivity contribution in [2.45, 2.75) is 25.0 Å². The molecule has 1 heterocycles. The van der Waals surface area contributed by atoms with Gasteiger partial charge in [0.15, 0.2) is 11.6 Å². The topological polar surface area (TPSA) is 69.6 Å². The van der Waals surface area contributed by atoms with Crippen LogP contribution in [-0.2, 0) is 11.3 Å². The maximum Gasteiger partial charge on any atom is 0.335 e. The molecule has 0 aliphatic carbocycles. The molecule has 26 heavy (non-hydrogen) atoms. The van der Waals surface area contributed by atoms with Crippen LogP contribution in [0.3, 0.4) is 0 Å². The number of amides is 1. The molecule has 1 aliphatic heterocycles. The maximum atomic E-state index is 13.6. The lowest BCUT2D eigenvalue weighted by Crippen LogP contribution is -2.35. The van der Waals surface area contributed by atoms with Gasteiger partial charge in [-0.25, -0.2) is 13.6 Å². The number of likely N-dealkylation sites (N-methyl/N-ethyl adjacent to an activating group) is 1. The molecule has 3 rings (SSSR count). The van der Waals surface area contributed by atoms with Crippen LogP contribution in [-0.4, -0.2) is 35.0 Å². The number of likely N-dealkylation sites (tertiary alicyclic amines) is 1. The fourth-order valence-corrected chi connectivity index (χ4v) is 3.27. The second kappa shape index (κ2) is 7.21. The Bertz CT molecular complexity index is 856. The molecule has 2 aromatic rings. The number of benzene rings is 2. The maximum absolute atomic E-state index is 13.6. The van der Waals surface area contributed by atoms with E-state index in [1.54, 1.807) is 25.2 Å². The summed E-state index contributed by atoms with van der Waals surface area (Å²) in [4.78, 5) is 24.7. The minimum atomic E-state index is -1.01. The monoisotopic (exact) mass is 360 g/mol. The number of nitrogens with one attached hydrogen (secondary N) is 1. The Labute approximate surface area is 149 Å². The van der Waals surface area contributed by atoms with Gasteiger partial charge in [0.25, 0.3) is 0 Å². The van der Waals surface area contributed by atoms with Gasteiger partial charge in [-0.3, -0.25) is 4.79 Å². The Hall–Kier alpha value is -2.80. The Morgan fingerprint density at radius 2 is 2.00 bits per heavy atom. The average molecular weight is 360 g/mol. The number of halogens is 2. The van der Waals surface area contributed by atoms with Gasteiger partial charge >= 0.3 is 5.97 Å². The Morgan fingerprint density at radius 3 is 2.69 bits per heavy atom. The smallest absolute Gasteiger partial charge is 0.335 e. The zero-order valence-electron chi connectivity index (χ0n) is 14.1. The van der Waals surface area contributed by atoms with Crippen molar-refractivity contribution < 1.29 is 23.5 Å². The molecule has 1 aliphatic rings. The lowest BCUT2D eigenvalue weighted by molar-refractivity contribution is -0.127. The third kappa shape index (κ3) is 3.57. The van der Waals surface area contributed by atoms with Crippen LogP contribution in [0.2, 0.25) is 0 Å². The van der Waals surface area contributed by atoms with Crippen LogP contribution in [0.4, 0.5) is 8.78 Å². The van der Waals surface area contributed by atoms with Gasteiger partial charge in [-0.15, -0.1) is 0 Å². The highest BCUT2D eigenvalue weighted by atomic mass is 19.2. The van der Waals surface area contributed by atoms with Gasteiger partial charge in [0.1, 0.15) is 0 Å². The summed E-state index contributed by atoms with van der Waals surface area (Å²) >= 11 is 0. The third-order valence-corrected chi connectivity index (χ3v) is 4.61. The normalized spacial score (nSPS) is 19.8. The first-order valence-corrected chi connectivity index (χ1v) is 8.13. The summed E-state index contributed by atoms with van der Waals surface area (Å²) in [7, 11) is 1.63. The molecule has 0 saturated carbocycles. The average Bonchev–Trinajstić information content (AvgIpc) is 2.90. The first-order chi connectivity index (χ1) is 12.4. The minimum Gasteiger partial charge on any atom is -0.478 e. The van der Waals surface area contributed by atoms with Gasteiger partial charge < -0.3 is 15.3 Å².